The highest BCUT2D eigenvalue weighted by atomic mass is 35.5. The van der Waals surface area contributed by atoms with Crippen molar-refractivity contribution in [1.82, 2.24) is 9.80 Å². The van der Waals surface area contributed by atoms with Crippen molar-refractivity contribution in [2.45, 2.75) is 33.2 Å². The van der Waals surface area contributed by atoms with E-state index < -0.39 is 6.04 Å². The number of benzene rings is 2. The molecule has 1 saturated heterocycles. The number of hydrogen-bond donors (Lipinski definition) is 1. The second-order valence-corrected chi connectivity index (χ2v) is 10.5. The molecule has 0 spiro atoms. The molecule has 8 heteroatoms. The fraction of sp³-hybridized carbons (Fsp3) is 0.423. The van der Waals surface area contributed by atoms with Gasteiger partial charge in [0.1, 0.15) is 6.04 Å². The van der Waals surface area contributed by atoms with Crippen LogP contribution >= 0.6 is 11.6 Å². The van der Waals surface area contributed by atoms with Crippen LogP contribution in [0.2, 0.25) is 5.02 Å². The van der Waals surface area contributed by atoms with Crippen molar-refractivity contribution in [3.05, 3.63) is 53.1 Å². The van der Waals surface area contributed by atoms with Gasteiger partial charge in [-0.05, 0) is 40.8 Å². The van der Waals surface area contributed by atoms with E-state index in [1.807, 2.05) is 39.0 Å². The van der Waals surface area contributed by atoms with Gasteiger partial charge < -0.3 is 19.8 Å². The number of nitrogens with zero attached hydrogens (tertiary/aromatic N) is 3. The molecule has 0 aliphatic carbocycles. The van der Waals surface area contributed by atoms with E-state index in [2.05, 4.69) is 0 Å². The Labute approximate surface area is 204 Å². The van der Waals surface area contributed by atoms with Crippen LogP contribution in [-0.2, 0) is 9.59 Å². The van der Waals surface area contributed by atoms with E-state index in [9.17, 15) is 19.5 Å². The lowest BCUT2D eigenvalue weighted by Crippen LogP contribution is -2.61. The first-order valence-corrected chi connectivity index (χ1v) is 11.9. The van der Waals surface area contributed by atoms with Crippen molar-refractivity contribution in [1.29, 1.82) is 0 Å². The molecule has 1 unspecified atom stereocenters. The highest BCUT2D eigenvalue weighted by Crippen LogP contribution is 2.34. The number of amides is 3. The van der Waals surface area contributed by atoms with E-state index in [1.165, 1.54) is 4.90 Å². The molecule has 2 aliphatic rings. The Morgan fingerprint density at radius 2 is 1.74 bits per heavy atom. The van der Waals surface area contributed by atoms with Gasteiger partial charge in [0.2, 0.25) is 5.91 Å². The molecule has 0 aromatic heterocycles. The number of rotatable bonds is 4. The van der Waals surface area contributed by atoms with Gasteiger partial charge in [0.05, 0.1) is 24.4 Å². The summed E-state index contributed by atoms with van der Waals surface area (Å²) in [6, 6.07) is 11.9. The average Bonchev–Trinajstić information content (AvgIpc) is 2.88. The van der Waals surface area contributed by atoms with Crippen LogP contribution in [0.4, 0.5) is 5.69 Å². The second kappa shape index (κ2) is 9.39. The van der Waals surface area contributed by atoms with Gasteiger partial charge in [-0.3, -0.25) is 14.4 Å². The highest BCUT2D eigenvalue weighted by molar-refractivity contribution is 6.30. The zero-order chi connectivity index (χ0) is 24.6. The van der Waals surface area contributed by atoms with Crippen LogP contribution in [0.5, 0.6) is 0 Å². The largest absolute Gasteiger partial charge is 0.395 e. The lowest BCUT2D eigenvalue weighted by Gasteiger charge is -2.41. The second-order valence-electron chi connectivity index (χ2n) is 10.0. The summed E-state index contributed by atoms with van der Waals surface area (Å²) in [6.45, 7) is 6.65. The first-order chi connectivity index (χ1) is 16.1. The van der Waals surface area contributed by atoms with Crippen molar-refractivity contribution in [2.24, 2.45) is 5.41 Å². The zero-order valence-corrected chi connectivity index (χ0v) is 20.5. The maximum Gasteiger partial charge on any atom is 0.256 e. The molecule has 0 radical (unpaired) electrons. The number of hydrogen-bond acceptors (Lipinski definition) is 4. The van der Waals surface area contributed by atoms with E-state index in [0.717, 1.165) is 11.1 Å². The summed E-state index contributed by atoms with van der Waals surface area (Å²) in [5.41, 5.74) is 2.44. The Morgan fingerprint density at radius 3 is 2.38 bits per heavy atom. The number of aliphatic hydroxyl groups excluding tert-OH is 1. The fourth-order valence-corrected chi connectivity index (χ4v) is 4.70. The number of aliphatic hydroxyl groups is 1. The van der Waals surface area contributed by atoms with E-state index in [1.54, 1.807) is 34.1 Å². The van der Waals surface area contributed by atoms with Gasteiger partial charge in [0, 0.05) is 31.1 Å². The smallest absolute Gasteiger partial charge is 0.256 e. The minimum absolute atomic E-state index is 0.0205. The summed E-state index contributed by atoms with van der Waals surface area (Å²) >= 11 is 6.02. The van der Waals surface area contributed by atoms with Gasteiger partial charge in [0.15, 0.2) is 0 Å². The van der Waals surface area contributed by atoms with Gasteiger partial charge in [-0.15, -0.1) is 0 Å². The molecule has 2 aliphatic heterocycles. The number of halogens is 1. The number of carbonyl (C=O) groups is 3. The summed E-state index contributed by atoms with van der Waals surface area (Å²) < 4.78 is 0. The van der Waals surface area contributed by atoms with Gasteiger partial charge in [-0.1, -0.05) is 50.6 Å². The number of carbonyl (C=O) groups excluding carboxylic acids is 3. The quantitative estimate of drug-likeness (QED) is 0.722. The van der Waals surface area contributed by atoms with Gasteiger partial charge in [-0.25, -0.2) is 0 Å². The summed E-state index contributed by atoms with van der Waals surface area (Å²) in [6.07, 6.45) is 0.368. The molecule has 2 aromatic rings. The Morgan fingerprint density at radius 1 is 1.06 bits per heavy atom. The van der Waals surface area contributed by atoms with E-state index in [-0.39, 0.29) is 49.4 Å². The Kier molecular flexibility index (Phi) is 6.69. The number of piperazine rings is 1. The van der Waals surface area contributed by atoms with Crippen molar-refractivity contribution < 1.29 is 19.5 Å². The molecule has 2 aromatic carbocycles. The van der Waals surface area contributed by atoms with Crippen LogP contribution in [-0.4, -0.2) is 71.5 Å². The van der Waals surface area contributed by atoms with Crippen LogP contribution < -0.4 is 4.90 Å². The standard InChI is InChI=1S/C26H30ClN3O4/c1-26(2,3)15-23(32)28-10-11-29-22(16-28)25(34)30(12-13-31)21-9-6-18(14-20(21)24(29)33)17-4-7-19(27)8-5-17/h4-9,14,22,31H,10-13,15-16H2,1-3H3. The normalized spacial score (nSPS) is 18.5. The number of β-amino-alcohol motifs (C(OH)–C–C–N with tert-alkyl or cyclic N) is 1. The van der Waals surface area contributed by atoms with Crippen molar-refractivity contribution in [3.8, 4) is 11.1 Å². The molecule has 34 heavy (non-hydrogen) atoms. The lowest BCUT2D eigenvalue weighted by atomic mass is 9.91. The molecule has 4 rings (SSSR count). The molecular formula is C26H30ClN3O4. The first kappa shape index (κ1) is 24.2. The van der Waals surface area contributed by atoms with Crippen LogP contribution in [0.3, 0.4) is 0 Å². The predicted molar refractivity (Wildman–Crippen MR) is 132 cm³/mol. The average molecular weight is 484 g/mol. The summed E-state index contributed by atoms with van der Waals surface area (Å²) in [4.78, 5) is 44.9. The molecular weight excluding hydrogens is 454 g/mol. The topological polar surface area (TPSA) is 81.2 Å². The molecule has 7 nitrogen and oxygen atoms in total. The summed E-state index contributed by atoms with van der Waals surface area (Å²) in [5, 5.41) is 10.3. The highest BCUT2D eigenvalue weighted by Gasteiger charge is 2.43. The van der Waals surface area contributed by atoms with Crippen molar-refractivity contribution in [2.75, 3.05) is 37.7 Å². The third-order valence-electron chi connectivity index (χ3n) is 6.25. The number of anilines is 1. The van der Waals surface area contributed by atoms with E-state index in [0.29, 0.717) is 29.2 Å². The van der Waals surface area contributed by atoms with Crippen LogP contribution in [0.1, 0.15) is 37.6 Å². The molecule has 180 valence electrons. The summed E-state index contributed by atoms with van der Waals surface area (Å²) in [5.74, 6) is -0.547. The SMILES string of the molecule is CC(C)(C)CC(=O)N1CCN2C(=O)c3cc(-c4ccc(Cl)cc4)ccc3N(CCO)C(=O)C2C1. The summed E-state index contributed by atoms with van der Waals surface area (Å²) in [7, 11) is 0. The van der Waals surface area contributed by atoms with Crippen LogP contribution in [0, 0.1) is 5.41 Å². The number of fused-ring (bicyclic) bond motifs is 2. The third-order valence-corrected chi connectivity index (χ3v) is 6.50. The maximum atomic E-state index is 13.7. The van der Waals surface area contributed by atoms with Crippen LogP contribution in [0.25, 0.3) is 11.1 Å². The molecule has 0 bridgehead atoms. The van der Waals surface area contributed by atoms with Crippen LogP contribution in [0.15, 0.2) is 42.5 Å². The molecule has 3 amide bonds. The molecule has 1 N–H and O–H groups in total. The van der Waals surface area contributed by atoms with E-state index >= 15 is 0 Å². The van der Waals surface area contributed by atoms with Gasteiger partial charge in [0.25, 0.3) is 11.8 Å². The predicted octanol–water partition coefficient (Wildman–Crippen LogP) is 3.44. The minimum atomic E-state index is -0.789. The van der Waals surface area contributed by atoms with Crippen molar-refractivity contribution >= 4 is 35.0 Å². The monoisotopic (exact) mass is 483 g/mol. The first-order valence-electron chi connectivity index (χ1n) is 11.5. The molecule has 1 fully saturated rings. The minimum Gasteiger partial charge on any atom is -0.395 e. The van der Waals surface area contributed by atoms with Gasteiger partial charge in [-0.2, -0.15) is 0 Å². The molecule has 0 saturated carbocycles. The van der Waals surface area contributed by atoms with Gasteiger partial charge >= 0.3 is 0 Å². The Bertz CT molecular complexity index is 1110. The Balaban J connectivity index is 1.70. The fourth-order valence-electron chi connectivity index (χ4n) is 4.58. The Hall–Kier alpha value is -2.90. The van der Waals surface area contributed by atoms with E-state index in [4.69, 9.17) is 11.6 Å². The van der Waals surface area contributed by atoms with Crippen molar-refractivity contribution in [3.63, 3.8) is 0 Å². The lowest BCUT2D eigenvalue weighted by molar-refractivity contribution is -0.137. The zero-order valence-electron chi connectivity index (χ0n) is 19.8. The third kappa shape index (κ3) is 4.81. The maximum absolute atomic E-state index is 13.7. The molecule has 1 atom stereocenters. The molecule has 2 heterocycles.